The molecule has 1 amide bonds. The van der Waals surface area contributed by atoms with Crippen molar-refractivity contribution in [2.24, 2.45) is 0 Å². The number of pyridine rings is 1. The van der Waals surface area contributed by atoms with Crippen molar-refractivity contribution in [2.45, 2.75) is 6.54 Å². The summed E-state index contributed by atoms with van der Waals surface area (Å²) in [6.45, 7) is 0.456. The number of nitrogens with zero attached hydrogens (tertiary/aromatic N) is 2. The van der Waals surface area contributed by atoms with Crippen LogP contribution in [-0.2, 0) is 6.54 Å². The molecule has 0 fully saturated rings. The maximum Gasteiger partial charge on any atom is 0.268 e. The minimum atomic E-state index is -0.135. The van der Waals surface area contributed by atoms with Crippen LogP contribution in [0.4, 0.5) is 0 Å². The molecule has 0 radical (unpaired) electrons. The zero-order valence-corrected chi connectivity index (χ0v) is 13.5. The highest BCUT2D eigenvalue weighted by Crippen LogP contribution is 2.23. The van der Waals surface area contributed by atoms with Crippen LogP contribution >= 0.6 is 11.3 Å². The van der Waals surface area contributed by atoms with E-state index in [-0.39, 0.29) is 5.91 Å². The average Bonchev–Trinajstić information content (AvgIpc) is 3.23. The predicted octanol–water partition coefficient (Wildman–Crippen LogP) is 3.62. The first kappa shape index (κ1) is 14.6. The Hall–Kier alpha value is -2.99. The third-order valence-electron chi connectivity index (χ3n) is 3.82. The molecular formula is C18H14N4OS. The minimum Gasteiger partial charge on any atom is -0.347 e. The number of hydrogen-bond acceptors (Lipinski definition) is 4. The Morgan fingerprint density at radius 2 is 2.00 bits per heavy atom. The maximum absolute atomic E-state index is 12.4. The van der Waals surface area contributed by atoms with Gasteiger partial charge >= 0.3 is 0 Å². The van der Waals surface area contributed by atoms with Crippen LogP contribution in [-0.4, -0.2) is 20.9 Å². The monoisotopic (exact) mass is 334 g/mol. The number of aromatic amines is 1. The van der Waals surface area contributed by atoms with Crippen LogP contribution in [0.25, 0.3) is 21.5 Å². The molecule has 0 spiro atoms. The number of thiazole rings is 1. The van der Waals surface area contributed by atoms with E-state index in [0.29, 0.717) is 12.2 Å². The molecule has 0 aliphatic carbocycles. The molecule has 1 aromatic carbocycles. The van der Waals surface area contributed by atoms with E-state index < -0.39 is 0 Å². The molecule has 2 N–H and O–H groups in total. The topological polar surface area (TPSA) is 70.7 Å². The van der Waals surface area contributed by atoms with E-state index in [9.17, 15) is 4.79 Å². The van der Waals surface area contributed by atoms with E-state index in [1.807, 2.05) is 42.5 Å². The largest absolute Gasteiger partial charge is 0.347 e. The van der Waals surface area contributed by atoms with Crippen molar-refractivity contribution in [2.75, 3.05) is 0 Å². The van der Waals surface area contributed by atoms with Gasteiger partial charge in [-0.25, -0.2) is 4.98 Å². The number of carbonyl (C=O) groups is 1. The summed E-state index contributed by atoms with van der Waals surface area (Å²) in [6, 6.07) is 13.8. The SMILES string of the molecule is O=C(NCc1ccccc1-c1ccncc1)c1cc2scnc2[nH]1. The van der Waals surface area contributed by atoms with Crippen molar-refractivity contribution >= 4 is 27.6 Å². The second-order valence-corrected chi connectivity index (χ2v) is 6.21. The number of benzene rings is 1. The fourth-order valence-corrected chi connectivity index (χ4v) is 3.30. The predicted molar refractivity (Wildman–Crippen MR) is 94.8 cm³/mol. The van der Waals surface area contributed by atoms with E-state index in [2.05, 4.69) is 20.3 Å². The number of H-pyrrole nitrogens is 1. The molecule has 0 saturated heterocycles. The summed E-state index contributed by atoms with van der Waals surface area (Å²) in [5, 5.41) is 2.97. The lowest BCUT2D eigenvalue weighted by Gasteiger charge is -2.10. The summed E-state index contributed by atoms with van der Waals surface area (Å²) in [6.07, 6.45) is 3.53. The van der Waals surface area contributed by atoms with E-state index in [0.717, 1.165) is 27.0 Å². The van der Waals surface area contributed by atoms with Crippen molar-refractivity contribution < 1.29 is 4.79 Å². The highest BCUT2D eigenvalue weighted by atomic mass is 32.1. The standard InChI is InChI=1S/C18H14N4OS/c23-18(15-9-16-17(22-15)21-11-24-16)20-10-13-3-1-2-4-14(13)12-5-7-19-8-6-12/h1-9,11,22H,10H2,(H,20,23). The third-order valence-corrected chi connectivity index (χ3v) is 4.59. The van der Waals surface area contributed by atoms with Crippen LogP contribution in [0, 0.1) is 0 Å². The molecular weight excluding hydrogens is 320 g/mol. The molecule has 3 heterocycles. The van der Waals surface area contributed by atoms with Gasteiger partial charge < -0.3 is 10.3 Å². The number of rotatable bonds is 4. The van der Waals surface area contributed by atoms with Gasteiger partial charge in [0.15, 0.2) is 0 Å². The Kier molecular flexibility index (Phi) is 3.80. The summed E-state index contributed by atoms with van der Waals surface area (Å²) in [5.41, 5.74) is 6.28. The minimum absolute atomic E-state index is 0.135. The van der Waals surface area contributed by atoms with Gasteiger partial charge in [-0.3, -0.25) is 9.78 Å². The Morgan fingerprint density at radius 1 is 1.17 bits per heavy atom. The second-order valence-electron chi connectivity index (χ2n) is 5.32. The Bertz CT molecular complexity index is 962. The molecule has 3 aromatic heterocycles. The first-order valence-corrected chi connectivity index (χ1v) is 8.38. The number of hydrogen-bond donors (Lipinski definition) is 2. The molecule has 6 heteroatoms. The average molecular weight is 334 g/mol. The van der Waals surface area contributed by atoms with Crippen LogP contribution < -0.4 is 5.32 Å². The molecule has 0 unspecified atom stereocenters. The Labute approximate surface area is 142 Å². The first-order valence-electron chi connectivity index (χ1n) is 7.50. The van der Waals surface area contributed by atoms with Gasteiger partial charge in [-0.2, -0.15) is 0 Å². The molecule has 24 heavy (non-hydrogen) atoms. The number of nitrogens with one attached hydrogen (secondary N) is 2. The zero-order chi connectivity index (χ0) is 16.4. The molecule has 118 valence electrons. The number of carbonyl (C=O) groups excluding carboxylic acids is 1. The van der Waals surface area contributed by atoms with Crippen LogP contribution in [0.3, 0.4) is 0 Å². The summed E-state index contributed by atoms with van der Waals surface area (Å²) in [4.78, 5) is 23.6. The van der Waals surface area contributed by atoms with Crippen molar-refractivity contribution in [1.82, 2.24) is 20.3 Å². The van der Waals surface area contributed by atoms with Crippen LogP contribution in [0.1, 0.15) is 16.1 Å². The molecule has 0 saturated carbocycles. The number of fused-ring (bicyclic) bond motifs is 1. The normalized spacial score (nSPS) is 10.8. The highest BCUT2D eigenvalue weighted by molar-refractivity contribution is 7.16. The molecule has 5 nitrogen and oxygen atoms in total. The van der Waals surface area contributed by atoms with Crippen molar-refractivity contribution in [3.63, 3.8) is 0 Å². The number of aromatic nitrogens is 3. The fourth-order valence-electron chi connectivity index (χ4n) is 2.63. The van der Waals surface area contributed by atoms with Crippen molar-refractivity contribution in [1.29, 1.82) is 0 Å². The molecule has 4 rings (SSSR count). The Morgan fingerprint density at radius 3 is 2.83 bits per heavy atom. The van der Waals surface area contributed by atoms with Gasteiger partial charge in [0.1, 0.15) is 11.3 Å². The van der Waals surface area contributed by atoms with Gasteiger partial charge in [-0.05, 0) is 34.9 Å². The van der Waals surface area contributed by atoms with Crippen LogP contribution in [0.15, 0.2) is 60.4 Å². The third kappa shape index (κ3) is 2.79. The summed E-state index contributed by atoms with van der Waals surface area (Å²) in [5.74, 6) is -0.135. The van der Waals surface area contributed by atoms with Gasteiger partial charge in [0.25, 0.3) is 5.91 Å². The van der Waals surface area contributed by atoms with Gasteiger partial charge in [-0.1, -0.05) is 24.3 Å². The van der Waals surface area contributed by atoms with Gasteiger partial charge in [0, 0.05) is 18.9 Å². The molecule has 0 aliphatic heterocycles. The van der Waals surface area contributed by atoms with E-state index in [1.165, 1.54) is 11.3 Å². The lowest BCUT2D eigenvalue weighted by molar-refractivity contribution is 0.0947. The lowest BCUT2D eigenvalue weighted by atomic mass is 10.0. The summed E-state index contributed by atoms with van der Waals surface area (Å²) < 4.78 is 0.984. The van der Waals surface area contributed by atoms with E-state index >= 15 is 0 Å². The molecule has 0 aliphatic rings. The van der Waals surface area contributed by atoms with E-state index in [4.69, 9.17) is 0 Å². The molecule has 4 aromatic rings. The molecule has 0 atom stereocenters. The maximum atomic E-state index is 12.4. The first-order chi connectivity index (χ1) is 11.8. The smallest absolute Gasteiger partial charge is 0.268 e. The summed E-state index contributed by atoms with van der Waals surface area (Å²) in [7, 11) is 0. The van der Waals surface area contributed by atoms with Crippen LogP contribution in [0.2, 0.25) is 0 Å². The van der Waals surface area contributed by atoms with Crippen LogP contribution in [0.5, 0.6) is 0 Å². The fraction of sp³-hybridized carbons (Fsp3) is 0.0556. The number of amides is 1. The Balaban J connectivity index is 1.54. The van der Waals surface area contributed by atoms with Gasteiger partial charge in [0.2, 0.25) is 0 Å². The van der Waals surface area contributed by atoms with Crippen molar-refractivity contribution in [3.8, 4) is 11.1 Å². The lowest BCUT2D eigenvalue weighted by Crippen LogP contribution is -2.23. The molecule has 0 bridgehead atoms. The van der Waals surface area contributed by atoms with Gasteiger partial charge in [0.05, 0.1) is 10.2 Å². The zero-order valence-electron chi connectivity index (χ0n) is 12.7. The van der Waals surface area contributed by atoms with E-state index in [1.54, 1.807) is 17.9 Å². The quantitative estimate of drug-likeness (QED) is 0.599. The van der Waals surface area contributed by atoms with Gasteiger partial charge in [-0.15, -0.1) is 11.3 Å². The second kappa shape index (κ2) is 6.25. The highest BCUT2D eigenvalue weighted by Gasteiger charge is 2.12. The summed E-state index contributed by atoms with van der Waals surface area (Å²) >= 11 is 1.51. The van der Waals surface area contributed by atoms with Crippen molar-refractivity contribution in [3.05, 3.63) is 71.6 Å².